The highest BCUT2D eigenvalue weighted by Gasteiger charge is 2.34. The molecule has 1 aromatic carbocycles. The van der Waals surface area contributed by atoms with Crippen LogP contribution in [0.25, 0.3) is 15.3 Å². The van der Waals surface area contributed by atoms with Gasteiger partial charge in [0, 0.05) is 19.2 Å². The SMILES string of the molecule is Cc1cc(NC(=O)C2CCCN(S(=O)(=O)c3cccs3)C2)n(-c2nc3ccc(C(C)(C)C)cc3s2)n1. The molecule has 1 unspecified atom stereocenters. The lowest BCUT2D eigenvalue weighted by atomic mass is 9.87. The van der Waals surface area contributed by atoms with Crippen LogP contribution in [0.1, 0.15) is 44.9 Å². The van der Waals surface area contributed by atoms with E-state index in [-0.39, 0.29) is 17.9 Å². The van der Waals surface area contributed by atoms with Gasteiger partial charge in [0.05, 0.1) is 21.8 Å². The van der Waals surface area contributed by atoms with Gasteiger partial charge < -0.3 is 5.32 Å². The number of sulfonamides is 1. The summed E-state index contributed by atoms with van der Waals surface area (Å²) in [6, 6.07) is 11.4. The molecule has 11 heteroatoms. The van der Waals surface area contributed by atoms with E-state index in [9.17, 15) is 13.2 Å². The molecule has 1 aliphatic rings. The van der Waals surface area contributed by atoms with Gasteiger partial charge in [-0.05, 0) is 54.3 Å². The molecule has 1 aliphatic heterocycles. The molecule has 190 valence electrons. The molecule has 8 nitrogen and oxygen atoms in total. The first-order valence-electron chi connectivity index (χ1n) is 11.8. The molecule has 1 fully saturated rings. The number of fused-ring (bicyclic) bond motifs is 1. The predicted octanol–water partition coefficient (Wildman–Crippen LogP) is 5.19. The molecule has 5 rings (SSSR count). The minimum Gasteiger partial charge on any atom is -0.310 e. The summed E-state index contributed by atoms with van der Waals surface area (Å²) >= 11 is 2.72. The van der Waals surface area contributed by atoms with Gasteiger partial charge in [0.2, 0.25) is 11.0 Å². The zero-order chi connectivity index (χ0) is 25.7. The van der Waals surface area contributed by atoms with Crippen LogP contribution >= 0.6 is 22.7 Å². The number of anilines is 1. The Morgan fingerprint density at radius 3 is 2.72 bits per heavy atom. The maximum absolute atomic E-state index is 13.3. The van der Waals surface area contributed by atoms with Crippen LogP contribution in [-0.4, -0.2) is 46.5 Å². The van der Waals surface area contributed by atoms with Crippen LogP contribution in [0, 0.1) is 12.8 Å². The fourth-order valence-corrected chi connectivity index (χ4v) is 7.98. The van der Waals surface area contributed by atoms with Crippen molar-refractivity contribution in [1.29, 1.82) is 0 Å². The van der Waals surface area contributed by atoms with E-state index >= 15 is 0 Å². The number of carbonyl (C=O) groups excluding carboxylic acids is 1. The highest BCUT2D eigenvalue weighted by molar-refractivity contribution is 7.91. The molecule has 0 aliphatic carbocycles. The largest absolute Gasteiger partial charge is 0.310 e. The Kier molecular flexibility index (Phi) is 6.52. The third-order valence-electron chi connectivity index (χ3n) is 6.35. The van der Waals surface area contributed by atoms with Crippen molar-refractivity contribution in [1.82, 2.24) is 19.1 Å². The summed E-state index contributed by atoms with van der Waals surface area (Å²) in [5.41, 5.74) is 2.90. The van der Waals surface area contributed by atoms with Crippen molar-refractivity contribution in [2.75, 3.05) is 18.4 Å². The lowest BCUT2D eigenvalue weighted by Gasteiger charge is -2.30. The molecule has 36 heavy (non-hydrogen) atoms. The fourth-order valence-electron chi connectivity index (χ4n) is 4.34. The summed E-state index contributed by atoms with van der Waals surface area (Å²) < 4.78 is 30.4. The van der Waals surface area contributed by atoms with Gasteiger partial charge >= 0.3 is 0 Å². The molecule has 1 amide bonds. The average molecular weight is 544 g/mol. The minimum atomic E-state index is -3.59. The molecule has 4 aromatic rings. The maximum Gasteiger partial charge on any atom is 0.252 e. The first-order chi connectivity index (χ1) is 17.0. The van der Waals surface area contributed by atoms with E-state index in [0.717, 1.165) is 15.9 Å². The Hall–Kier alpha value is -2.60. The van der Waals surface area contributed by atoms with Crippen molar-refractivity contribution in [3.05, 3.63) is 53.0 Å². The van der Waals surface area contributed by atoms with E-state index in [2.05, 4.69) is 43.3 Å². The molecule has 1 saturated heterocycles. The summed E-state index contributed by atoms with van der Waals surface area (Å²) in [5.74, 6) is -0.119. The van der Waals surface area contributed by atoms with E-state index in [0.29, 0.717) is 34.5 Å². The molecule has 1 atom stereocenters. The van der Waals surface area contributed by atoms with Crippen molar-refractivity contribution in [2.45, 2.75) is 50.2 Å². The third-order valence-corrected chi connectivity index (χ3v) is 10.6. The average Bonchev–Trinajstić information content (AvgIpc) is 3.58. The topological polar surface area (TPSA) is 97.2 Å². The van der Waals surface area contributed by atoms with Crippen LogP contribution in [0.15, 0.2) is 46.0 Å². The van der Waals surface area contributed by atoms with E-state index in [4.69, 9.17) is 4.98 Å². The van der Waals surface area contributed by atoms with Crippen molar-refractivity contribution in [2.24, 2.45) is 5.92 Å². The Morgan fingerprint density at radius 2 is 2.00 bits per heavy atom. The van der Waals surface area contributed by atoms with Gasteiger partial charge in [0.1, 0.15) is 10.0 Å². The van der Waals surface area contributed by atoms with Crippen LogP contribution in [-0.2, 0) is 20.2 Å². The molecule has 0 spiro atoms. The van der Waals surface area contributed by atoms with Gasteiger partial charge in [-0.3, -0.25) is 4.79 Å². The van der Waals surface area contributed by atoms with Gasteiger partial charge in [0.25, 0.3) is 10.0 Å². The van der Waals surface area contributed by atoms with Gasteiger partial charge in [0.15, 0.2) is 0 Å². The number of rotatable bonds is 5. The predicted molar refractivity (Wildman–Crippen MR) is 145 cm³/mol. The van der Waals surface area contributed by atoms with Crippen LogP contribution < -0.4 is 5.32 Å². The summed E-state index contributed by atoms with van der Waals surface area (Å²) in [6.45, 7) is 8.99. The first-order valence-corrected chi connectivity index (χ1v) is 15.0. The number of hydrogen-bond acceptors (Lipinski definition) is 7. The number of hydrogen-bond donors (Lipinski definition) is 1. The molecule has 3 aromatic heterocycles. The highest BCUT2D eigenvalue weighted by Crippen LogP contribution is 2.32. The van der Waals surface area contributed by atoms with Crippen molar-refractivity contribution < 1.29 is 13.2 Å². The second-order valence-electron chi connectivity index (χ2n) is 10.1. The van der Waals surface area contributed by atoms with E-state index < -0.39 is 15.9 Å². The number of aryl methyl sites for hydroxylation is 1. The molecular formula is C25H29N5O3S3. The van der Waals surface area contributed by atoms with E-state index in [1.165, 1.54) is 32.5 Å². The molecular weight excluding hydrogens is 515 g/mol. The number of piperidine rings is 1. The summed E-state index contributed by atoms with van der Waals surface area (Å²) in [7, 11) is -3.59. The number of carbonyl (C=O) groups is 1. The lowest BCUT2D eigenvalue weighted by Crippen LogP contribution is -2.43. The molecule has 0 saturated carbocycles. The van der Waals surface area contributed by atoms with Gasteiger partial charge in [-0.25, -0.2) is 13.4 Å². The molecule has 0 bridgehead atoms. The van der Waals surface area contributed by atoms with Crippen molar-refractivity contribution >= 4 is 54.6 Å². The number of nitrogens with zero attached hydrogens (tertiary/aromatic N) is 4. The third kappa shape index (κ3) is 4.84. The first kappa shape index (κ1) is 25.1. The van der Waals surface area contributed by atoms with E-state index in [1.807, 2.05) is 19.1 Å². The molecule has 1 N–H and O–H groups in total. The lowest BCUT2D eigenvalue weighted by molar-refractivity contribution is -0.120. The minimum absolute atomic E-state index is 0.0324. The number of benzene rings is 1. The highest BCUT2D eigenvalue weighted by atomic mass is 32.2. The molecule has 0 radical (unpaired) electrons. The number of thiophene rings is 1. The summed E-state index contributed by atoms with van der Waals surface area (Å²) in [6.07, 6.45) is 1.26. The maximum atomic E-state index is 13.3. The Labute approximate surface area is 219 Å². The monoisotopic (exact) mass is 543 g/mol. The number of aromatic nitrogens is 3. The van der Waals surface area contributed by atoms with Gasteiger partial charge in [-0.2, -0.15) is 14.1 Å². The Morgan fingerprint density at radius 1 is 1.19 bits per heavy atom. The zero-order valence-electron chi connectivity index (χ0n) is 20.7. The van der Waals surface area contributed by atoms with Gasteiger partial charge in [-0.15, -0.1) is 11.3 Å². The Balaban J connectivity index is 1.37. The molecule has 4 heterocycles. The number of nitrogens with one attached hydrogen (secondary N) is 1. The standard InChI is InChI=1S/C25H29N5O3S3/c1-16-13-21(30(28-16)24-26-19-10-9-18(25(2,3)4)14-20(19)35-24)27-23(31)17-7-5-11-29(15-17)36(32,33)22-8-6-12-34-22/h6,8-10,12-14,17H,5,7,11,15H2,1-4H3,(H,27,31). The van der Waals surface area contributed by atoms with Crippen LogP contribution in [0.3, 0.4) is 0 Å². The van der Waals surface area contributed by atoms with Crippen LogP contribution in [0.4, 0.5) is 5.82 Å². The van der Waals surface area contributed by atoms with Crippen LogP contribution in [0.5, 0.6) is 0 Å². The second-order valence-corrected chi connectivity index (χ2v) is 14.3. The Bertz CT molecular complexity index is 1510. The summed E-state index contributed by atoms with van der Waals surface area (Å²) in [5, 5.41) is 9.99. The fraction of sp³-hybridized carbons (Fsp3) is 0.400. The zero-order valence-corrected chi connectivity index (χ0v) is 23.1. The van der Waals surface area contributed by atoms with Crippen LogP contribution in [0.2, 0.25) is 0 Å². The smallest absolute Gasteiger partial charge is 0.252 e. The number of thiazole rings is 1. The van der Waals surface area contributed by atoms with Crippen molar-refractivity contribution in [3.8, 4) is 5.13 Å². The summed E-state index contributed by atoms with van der Waals surface area (Å²) in [4.78, 5) is 18.0. The van der Waals surface area contributed by atoms with Gasteiger partial charge in [-0.1, -0.05) is 44.2 Å². The quantitative estimate of drug-likeness (QED) is 0.374. The number of amides is 1. The van der Waals surface area contributed by atoms with Crippen molar-refractivity contribution in [3.63, 3.8) is 0 Å². The normalized spacial score (nSPS) is 17.5. The van der Waals surface area contributed by atoms with E-state index in [1.54, 1.807) is 22.2 Å². The second kappa shape index (κ2) is 9.37.